The summed E-state index contributed by atoms with van der Waals surface area (Å²) in [7, 11) is 0. The number of benzene rings is 1. The highest BCUT2D eigenvalue weighted by molar-refractivity contribution is 7.99. The van der Waals surface area contributed by atoms with Crippen LogP contribution in [0.15, 0.2) is 29.2 Å². The number of aromatic hydroxyl groups is 1. The lowest BCUT2D eigenvalue weighted by atomic mass is 10.3. The van der Waals surface area contributed by atoms with Crippen molar-refractivity contribution < 1.29 is 9.84 Å². The lowest BCUT2D eigenvalue weighted by molar-refractivity contribution is 0.199. The molecule has 1 aromatic rings. The molecule has 0 radical (unpaired) electrons. The molecule has 0 saturated carbocycles. The second kappa shape index (κ2) is 5.06. The Morgan fingerprint density at radius 1 is 1.50 bits per heavy atom. The van der Waals surface area contributed by atoms with E-state index < -0.39 is 0 Å². The number of ether oxygens (including phenoxy) is 1. The van der Waals surface area contributed by atoms with Crippen LogP contribution in [0.25, 0.3) is 0 Å². The van der Waals surface area contributed by atoms with Crippen LogP contribution < -0.4 is 0 Å². The van der Waals surface area contributed by atoms with E-state index in [9.17, 15) is 0 Å². The molecule has 0 heterocycles. The molecule has 3 heteroatoms. The van der Waals surface area contributed by atoms with Gasteiger partial charge in [-0.1, -0.05) is 17.8 Å². The van der Waals surface area contributed by atoms with Crippen LogP contribution >= 0.6 is 11.8 Å². The van der Waals surface area contributed by atoms with Crippen LogP contribution in [-0.2, 0) is 4.74 Å². The van der Waals surface area contributed by atoms with Gasteiger partial charge in [0.25, 0.3) is 0 Å². The van der Waals surface area contributed by atoms with Gasteiger partial charge in [-0.15, -0.1) is 0 Å². The van der Waals surface area contributed by atoms with Crippen LogP contribution in [0.2, 0.25) is 0 Å². The smallest absolute Gasteiger partial charge is 0.116 e. The maximum absolute atomic E-state index is 9.12. The Bertz CT molecular complexity index is 238. The Morgan fingerprint density at radius 2 is 2.33 bits per heavy atom. The third-order valence-electron chi connectivity index (χ3n) is 1.33. The average Bonchev–Trinajstić information content (AvgIpc) is 2.05. The minimum absolute atomic E-state index is 0.302. The van der Waals surface area contributed by atoms with Gasteiger partial charge >= 0.3 is 0 Å². The first-order valence-electron chi connectivity index (χ1n) is 3.82. The Labute approximate surface area is 76.6 Å². The molecule has 0 atom stereocenters. The molecule has 0 saturated heterocycles. The van der Waals surface area contributed by atoms with E-state index in [1.807, 2.05) is 19.1 Å². The van der Waals surface area contributed by atoms with Gasteiger partial charge < -0.3 is 9.84 Å². The van der Waals surface area contributed by atoms with E-state index in [1.54, 1.807) is 23.9 Å². The van der Waals surface area contributed by atoms with Gasteiger partial charge in [0.15, 0.2) is 0 Å². The minimum atomic E-state index is 0.302. The van der Waals surface area contributed by atoms with Crippen molar-refractivity contribution in [2.45, 2.75) is 11.8 Å². The summed E-state index contributed by atoms with van der Waals surface area (Å²) in [6.07, 6.45) is 0. The van der Waals surface area contributed by atoms with E-state index in [0.717, 1.165) is 11.5 Å². The Hall–Kier alpha value is -0.670. The average molecular weight is 184 g/mol. The van der Waals surface area contributed by atoms with Crippen molar-refractivity contribution in [3.8, 4) is 5.75 Å². The zero-order valence-electron chi connectivity index (χ0n) is 6.99. The van der Waals surface area contributed by atoms with E-state index >= 15 is 0 Å². The van der Waals surface area contributed by atoms with Crippen LogP contribution in [0.3, 0.4) is 0 Å². The van der Waals surface area contributed by atoms with Crippen LogP contribution in [0.1, 0.15) is 6.92 Å². The predicted molar refractivity (Wildman–Crippen MR) is 50.5 cm³/mol. The van der Waals surface area contributed by atoms with Crippen molar-refractivity contribution in [2.24, 2.45) is 0 Å². The molecule has 0 aliphatic heterocycles. The second-order valence-electron chi connectivity index (χ2n) is 2.25. The molecule has 0 unspecified atom stereocenters. The first kappa shape index (κ1) is 9.42. The van der Waals surface area contributed by atoms with E-state index in [1.165, 1.54) is 0 Å². The lowest BCUT2D eigenvalue weighted by Gasteiger charge is -2.01. The fourth-order valence-corrected chi connectivity index (χ4v) is 1.53. The van der Waals surface area contributed by atoms with E-state index in [2.05, 4.69) is 0 Å². The van der Waals surface area contributed by atoms with Crippen molar-refractivity contribution in [2.75, 3.05) is 12.5 Å². The second-order valence-corrected chi connectivity index (χ2v) is 3.25. The molecule has 12 heavy (non-hydrogen) atoms. The molecule has 0 amide bonds. The van der Waals surface area contributed by atoms with Gasteiger partial charge in [0, 0.05) is 11.5 Å². The highest BCUT2D eigenvalue weighted by Crippen LogP contribution is 2.21. The molecular formula is C9H12O2S. The molecule has 0 spiro atoms. The highest BCUT2D eigenvalue weighted by Gasteiger charge is 1.93. The van der Waals surface area contributed by atoms with Crippen LogP contribution in [0, 0.1) is 0 Å². The van der Waals surface area contributed by atoms with Gasteiger partial charge in [0.2, 0.25) is 0 Å². The van der Waals surface area contributed by atoms with Gasteiger partial charge in [-0.25, -0.2) is 0 Å². The molecule has 0 aromatic heterocycles. The zero-order chi connectivity index (χ0) is 8.81. The molecule has 1 rings (SSSR count). The van der Waals surface area contributed by atoms with Gasteiger partial charge in [0.05, 0.1) is 5.94 Å². The number of hydrogen-bond acceptors (Lipinski definition) is 3. The summed E-state index contributed by atoms with van der Waals surface area (Å²) in [5, 5.41) is 9.12. The molecule has 0 fully saturated rings. The number of phenols is 1. The normalized spacial score (nSPS) is 10.1. The van der Waals surface area contributed by atoms with Crippen molar-refractivity contribution >= 4 is 11.8 Å². The predicted octanol–water partition coefficient (Wildman–Crippen LogP) is 2.48. The maximum atomic E-state index is 9.12. The molecule has 0 aliphatic rings. The van der Waals surface area contributed by atoms with Crippen molar-refractivity contribution in [1.29, 1.82) is 0 Å². The standard InChI is InChI=1S/C9H12O2S/c1-2-11-7-12-9-5-3-4-8(10)6-9/h3-6,10H,2,7H2,1H3. The third kappa shape index (κ3) is 3.15. The minimum Gasteiger partial charge on any atom is -0.508 e. The number of thioether (sulfide) groups is 1. The molecule has 2 nitrogen and oxygen atoms in total. The molecular weight excluding hydrogens is 172 g/mol. The molecule has 1 aromatic carbocycles. The van der Waals surface area contributed by atoms with Crippen molar-refractivity contribution in [3.63, 3.8) is 0 Å². The number of phenolic OH excluding ortho intramolecular Hbond substituents is 1. The Kier molecular flexibility index (Phi) is 3.97. The van der Waals surface area contributed by atoms with Gasteiger partial charge in [-0.2, -0.15) is 0 Å². The molecule has 66 valence electrons. The van der Waals surface area contributed by atoms with Crippen molar-refractivity contribution in [3.05, 3.63) is 24.3 Å². The van der Waals surface area contributed by atoms with Crippen LogP contribution in [-0.4, -0.2) is 17.7 Å². The SMILES string of the molecule is CCOCSc1cccc(O)c1. The summed E-state index contributed by atoms with van der Waals surface area (Å²) >= 11 is 1.58. The Morgan fingerprint density at radius 3 is 3.00 bits per heavy atom. The van der Waals surface area contributed by atoms with E-state index in [4.69, 9.17) is 9.84 Å². The van der Waals surface area contributed by atoms with Gasteiger partial charge in [-0.3, -0.25) is 0 Å². The quantitative estimate of drug-likeness (QED) is 0.443. The van der Waals surface area contributed by atoms with Gasteiger partial charge in [-0.05, 0) is 25.1 Å². The summed E-state index contributed by atoms with van der Waals surface area (Å²) < 4.78 is 5.16. The Balaban J connectivity index is 2.41. The maximum Gasteiger partial charge on any atom is 0.116 e. The summed E-state index contributed by atoms with van der Waals surface area (Å²) in [6, 6.07) is 7.15. The summed E-state index contributed by atoms with van der Waals surface area (Å²) in [6.45, 7) is 2.69. The van der Waals surface area contributed by atoms with E-state index in [0.29, 0.717) is 11.7 Å². The topological polar surface area (TPSA) is 29.5 Å². The first-order chi connectivity index (χ1) is 5.83. The van der Waals surface area contributed by atoms with Crippen LogP contribution in [0.5, 0.6) is 5.75 Å². The number of rotatable bonds is 4. The fourth-order valence-electron chi connectivity index (χ4n) is 0.766. The number of hydrogen-bond donors (Lipinski definition) is 1. The first-order valence-corrected chi connectivity index (χ1v) is 4.81. The van der Waals surface area contributed by atoms with Crippen molar-refractivity contribution in [1.82, 2.24) is 0 Å². The molecule has 0 bridgehead atoms. The third-order valence-corrected chi connectivity index (χ3v) is 2.20. The highest BCUT2D eigenvalue weighted by atomic mass is 32.2. The zero-order valence-corrected chi connectivity index (χ0v) is 7.80. The molecule has 1 N–H and O–H groups in total. The summed E-state index contributed by atoms with van der Waals surface area (Å²) in [5.41, 5.74) is 0. The van der Waals surface area contributed by atoms with E-state index in [-0.39, 0.29) is 0 Å². The molecule has 0 aliphatic carbocycles. The lowest BCUT2D eigenvalue weighted by Crippen LogP contribution is -1.87. The summed E-state index contributed by atoms with van der Waals surface area (Å²) in [4.78, 5) is 1.03. The summed E-state index contributed by atoms with van der Waals surface area (Å²) in [5.74, 6) is 0.941. The monoisotopic (exact) mass is 184 g/mol. The van der Waals surface area contributed by atoms with Gasteiger partial charge in [0.1, 0.15) is 5.75 Å². The van der Waals surface area contributed by atoms with Crippen LogP contribution in [0.4, 0.5) is 0 Å². The largest absolute Gasteiger partial charge is 0.508 e. The fraction of sp³-hybridized carbons (Fsp3) is 0.333.